The summed E-state index contributed by atoms with van der Waals surface area (Å²) in [4.78, 5) is 12.0. The number of aliphatic hydroxyl groups excluding tert-OH is 1. The highest BCUT2D eigenvalue weighted by molar-refractivity contribution is 5.82. The van der Waals surface area contributed by atoms with Crippen LogP contribution in [0.25, 0.3) is 0 Å². The summed E-state index contributed by atoms with van der Waals surface area (Å²) < 4.78 is 0. The predicted octanol–water partition coefficient (Wildman–Crippen LogP) is 0.898. The van der Waals surface area contributed by atoms with Crippen molar-refractivity contribution in [3.63, 3.8) is 0 Å². The molecule has 1 fully saturated rings. The molecule has 4 nitrogen and oxygen atoms in total. The number of hydrogen-bond donors (Lipinski definition) is 3. The van der Waals surface area contributed by atoms with Crippen LogP contribution >= 0.6 is 0 Å². The van der Waals surface area contributed by atoms with Crippen LogP contribution in [-0.2, 0) is 4.79 Å². The highest BCUT2D eigenvalue weighted by Gasteiger charge is 2.27. The molecular formula is C13H26N2O2. The first-order valence-electron chi connectivity index (χ1n) is 6.73. The maximum absolute atomic E-state index is 12.0. The molecule has 17 heavy (non-hydrogen) atoms. The molecule has 2 unspecified atom stereocenters. The quantitative estimate of drug-likeness (QED) is 0.671. The minimum atomic E-state index is -0.133. The highest BCUT2D eigenvalue weighted by Crippen LogP contribution is 2.19. The minimum Gasteiger partial charge on any atom is -0.394 e. The van der Waals surface area contributed by atoms with Crippen LogP contribution < -0.4 is 10.6 Å². The van der Waals surface area contributed by atoms with Crippen molar-refractivity contribution in [2.24, 2.45) is 11.8 Å². The summed E-state index contributed by atoms with van der Waals surface area (Å²) in [7, 11) is 0. The van der Waals surface area contributed by atoms with Gasteiger partial charge in [0.1, 0.15) is 0 Å². The van der Waals surface area contributed by atoms with E-state index in [-0.39, 0.29) is 30.5 Å². The first-order valence-corrected chi connectivity index (χ1v) is 6.73. The van der Waals surface area contributed by atoms with E-state index >= 15 is 0 Å². The lowest BCUT2D eigenvalue weighted by Crippen LogP contribution is -2.53. The number of hydrogen-bond acceptors (Lipinski definition) is 3. The van der Waals surface area contributed by atoms with Crippen LogP contribution in [0.4, 0.5) is 0 Å². The molecule has 4 heteroatoms. The second-order valence-corrected chi connectivity index (χ2v) is 5.35. The lowest BCUT2D eigenvalue weighted by atomic mass is 9.90. The minimum absolute atomic E-state index is 0.00727. The Morgan fingerprint density at radius 1 is 1.53 bits per heavy atom. The van der Waals surface area contributed by atoms with Gasteiger partial charge in [-0.2, -0.15) is 0 Å². The van der Waals surface area contributed by atoms with E-state index in [1.165, 1.54) is 0 Å². The van der Waals surface area contributed by atoms with Gasteiger partial charge in [-0.3, -0.25) is 4.79 Å². The van der Waals surface area contributed by atoms with Crippen molar-refractivity contribution in [3.8, 4) is 0 Å². The zero-order valence-electron chi connectivity index (χ0n) is 11.2. The topological polar surface area (TPSA) is 61.4 Å². The molecule has 0 aliphatic carbocycles. The average Bonchev–Trinajstić information content (AvgIpc) is 2.35. The standard InChI is InChI=1S/C13H26N2O2/c1-4-10-5-6-14-11(7-10)13(17)15-12(8-16)9(2)3/h9-12,14,16H,4-8H2,1-3H3,(H,15,17)/t10?,11?,12-/m1/s1. The SMILES string of the molecule is CCC1CCNC(C(=O)N[C@H](CO)C(C)C)C1. The molecule has 0 aromatic rings. The van der Waals surface area contributed by atoms with Gasteiger partial charge in [0.25, 0.3) is 0 Å². The molecule has 1 heterocycles. The van der Waals surface area contributed by atoms with Crippen molar-refractivity contribution in [2.75, 3.05) is 13.2 Å². The van der Waals surface area contributed by atoms with E-state index in [1.54, 1.807) is 0 Å². The molecule has 3 atom stereocenters. The number of carbonyl (C=O) groups excluding carboxylic acids is 1. The highest BCUT2D eigenvalue weighted by atomic mass is 16.3. The molecule has 1 aliphatic rings. The van der Waals surface area contributed by atoms with Crippen molar-refractivity contribution in [2.45, 2.75) is 52.1 Å². The summed E-state index contributed by atoms with van der Waals surface area (Å²) in [5, 5.41) is 15.4. The number of nitrogens with one attached hydrogen (secondary N) is 2. The summed E-state index contributed by atoms with van der Waals surface area (Å²) in [5.41, 5.74) is 0. The number of aliphatic hydroxyl groups is 1. The monoisotopic (exact) mass is 242 g/mol. The summed E-state index contributed by atoms with van der Waals surface area (Å²) in [5.74, 6) is 0.948. The predicted molar refractivity (Wildman–Crippen MR) is 68.7 cm³/mol. The lowest BCUT2D eigenvalue weighted by Gasteiger charge is -2.30. The zero-order valence-corrected chi connectivity index (χ0v) is 11.2. The molecule has 100 valence electrons. The van der Waals surface area contributed by atoms with Gasteiger partial charge < -0.3 is 15.7 Å². The summed E-state index contributed by atoms with van der Waals surface area (Å²) in [6.45, 7) is 7.11. The third-order valence-electron chi connectivity index (χ3n) is 3.74. The molecule has 1 saturated heterocycles. The number of carbonyl (C=O) groups is 1. The van der Waals surface area contributed by atoms with Crippen molar-refractivity contribution in [1.29, 1.82) is 0 Å². The fourth-order valence-corrected chi connectivity index (χ4v) is 2.27. The van der Waals surface area contributed by atoms with Crippen LogP contribution in [-0.4, -0.2) is 36.2 Å². The number of piperidine rings is 1. The van der Waals surface area contributed by atoms with Crippen LogP contribution in [0, 0.1) is 11.8 Å². The number of amides is 1. The molecule has 1 aliphatic heterocycles. The van der Waals surface area contributed by atoms with E-state index in [9.17, 15) is 9.90 Å². The van der Waals surface area contributed by atoms with E-state index in [0.29, 0.717) is 5.92 Å². The Morgan fingerprint density at radius 3 is 2.76 bits per heavy atom. The van der Waals surface area contributed by atoms with E-state index in [0.717, 1.165) is 25.8 Å². The molecule has 0 aromatic heterocycles. The summed E-state index contributed by atoms with van der Waals surface area (Å²) >= 11 is 0. The molecule has 1 amide bonds. The molecular weight excluding hydrogens is 216 g/mol. The first-order chi connectivity index (χ1) is 8.08. The third-order valence-corrected chi connectivity index (χ3v) is 3.74. The van der Waals surface area contributed by atoms with Gasteiger partial charge in [-0.1, -0.05) is 27.2 Å². The van der Waals surface area contributed by atoms with Gasteiger partial charge in [-0.05, 0) is 31.2 Å². The largest absolute Gasteiger partial charge is 0.394 e. The molecule has 0 bridgehead atoms. The second-order valence-electron chi connectivity index (χ2n) is 5.35. The molecule has 0 spiro atoms. The van der Waals surface area contributed by atoms with Gasteiger partial charge in [-0.15, -0.1) is 0 Å². The average molecular weight is 242 g/mol. The Kier molecular flexibility index (Phi) is 5.92. The fourth-order valence-electron chi connectivity index (χ4n) is 2.27. The molecule has 1 rings (SSSR count). The first kappa shape index (κ1) is 14.5. The molecule has 0 radical (unpaired) electrons. The number of rotatable bonds is 5. The van der Waals surface area contributed by atoms with Crippen molar-refractivity contribution in [3.05, 3.63) is 0 Å². The van der Waals surface area contributed by atoms with Gasteiger partial charge in [-0.25, -0.2) is 0 Å². The Labute approximate surface area is 104 Å². The van der Waals surface area contributed by atoms with Gasteiger partial charge in [0, 0.05) is 0 Å². The van der Waals surface area contributed by atoms with Gasteiger partial charge in [0.15, 0.2) is 0 Å². The Hall–Kier alpha value is -0.610. The maximum atomic E-state index is 12.0. The van der Waals surface area contributed by atoms with E-state index in [2.05, 4.69) is 17.6 Å². The van der Waals surface area contributed by atoms with Crippen molar-refractivity contribution < 1.29 is 9.90 Å². The molecule has 0 saturated carbocycles. The van der Waals surface area contributed by atoms with Crippen LogP contribution in [0.15, 0.2) is 0 Å². The lowest BCUT2D eigenvalue weighted by molar-refractivity contribution is -0.125. The van der Waals surface area contributed by atoms with E-state index < -0.39 is 0 Å². The summed E-state index contributed by atoms with van der Waals surface area (Å²) in [6, 6.07) is -0.215. The van der Waals surface area contributed by atoms with E-state index in [4.69, 9.17) is 0 Å². The molecule has 0 aromatic carbocycles. The van der Waals surface area contributed by atoms with Crippen LogP contribution in [0.5, 0.6) is 0 Å². The van der Waals surface area contributed by atoms with E-state index in [1.807, 2.05) is 13.8 Å². The van der Waals surface area contributed by atoms with Gasteiger partial charge >= 0.3 is 0 Å². The molecule has 3 N–H and O–H groups in total. The normalized spacial score (nSPS) is 26.9. The summed E-state index contributed by atoms with van der Waals surface area (Å²) in [6.07, 6.45) is 3.21. The van der Waals surface area contributed by atoms with Crippen LogP contribution in [0.1, 0.15) is 40.0 Å². The van der Waals surface area contributed by atoms with Crippen molar-refractivity contribution >= 4 is 5.91 Å². The van der Waals surface area contributed by atoms with Crippen LogP contribution in [0.2, 0.25) is 0 Å². The zero-order chi connectivity index (χ0) is 12.8. The maximum Gasteiger partial charge on any atom is 0.237 e. The Balaban J connectivity index is 2.46. The fraction of sp³-hybridized carbons (Fsp3) is 0.923. The second kappa shape index (κ2) is 6.97. The van der Waals surface area contributed by atoms with Crippen LogP contribution in [0.3, 0.4) is 0 Å². The van der Waals surface area contributed by atoms with Crippen molar-refractivity contribution in [1.82, 2.24) is 10.6 Å². The Bertz CT molecular complexity index is 244. The third kappa shape index (κ3) is 4.28. The van der Waals surface area contributed by atoms with Gasteiger partial charge in [0.05, 0.1) is 18.7 Å². The smallest absolute Gasteiger partial charge is 0.237 e. The Morgan fingerprint density at radius 2 is 2.24 bits per heavy atom. The van der Waals surface area contributed by atoms with Gasteiger partial charge in [0.2, 0.25) is 5.91 Å².